The zero-order valence-corrected chi connectivity index (χ0v) is 15.4. The van der Waals surface area contributed by atoms with Gasteiger partial charge in [0.1, 0.15) is 6.04 Å². The van der Waals surface area contributed by atoms with Gasteiger partial charge < -0.3 is 0 Å². The van der Waals surface area contributed by atoms with E-state index in [4.69, 9.17) is 0 Å². The summed E-state index contributed by atoms with van der Waals surface area (Å²) in [6.45, 7) is 3.80. The van der Waals surface area contributed by atoms with E-state index in [2.05, 4.69) is 41.2 Å². The summed E-state index contributed by atoms with van der Waals surface area (Å²) in [5.74, 6) is -0.507. The number of anilines is 1. The topological polar surface area (TPSA) is 43.9 Å². The number of hydrazine groups is 1. The number of benzene rings is 2. The van der Waals surface area contributed by atoms with Gasteiger partial charge in [-0.3, -0.25) is 9.59 Å². The van der Waals surface area contributed by atoms with Gasteiger partial charge in [0.05, 0.1) is 17.6 Å². The number of aryl methyl sites for hydroxylation is 1. The van der Waals surface area contributed by atoms with Crippen LogP contribution < -0.4 is 4.90 Å². The average molecular weight is 361 g/mol. The second-order valence-corrected chi connectivity index (χ2v) is 7.71. The van der Waals surface area contributed by atoms with Crippen molar-refractivity contribution in [2.45, 2.75) is 31.8 Å². The minimum Gasteiger partial charge on any atom is -0.274 e. The van der Waals surface area contributed by atoms with Gasteiger partial charge in [0, 0.05) is 13.1 Å². The second-order valence-electron chi connectivity index (χ2n) is 7.71. The summed E-state index contributed by atoms with van der Waals surface area (Å²) in [5, 5.41) is 4.45. The van der Waals surface area contributed by atoms with Gasteiger partial charge >= 0.3 is 0 Å². The highest BCUT2D eigenvalue weighted by molar-refractivity contribution is 6.24. The zero-order valence-electron chi connectivity index (χ0n) is 15.4. The molecule has 0 bridgehead atoms. The molecule has 0 aliphatic carbocycles. The van der Waals surface area contributed by atoms with Crippen molar-refractivity contribution < 1.29 is 9.59 Å². The van der Waals surface area contributed by atoms with Gasteiger partial charge in [-0.1, -0.05) is 48.0 Å². The molecule has 0 N–H and O–H groups in total. The Labute approximate surface area is 159 Å². The van der Waals surface area contributed by atoms with Gasteiger partial charge in [0.2, 0.25) is 5.91 Å². The first kappa shape index (κ1) is 16.7. The van der Waals surface area contributed by atoms with Crippen molar-refractivity contribution in [1.29, 1.82) is 0 Å². The van der Waals surface area contributed by atoms with Crippen molar-refractivity contribution in [2.75, 3.05) is 18.0 Å². The Bertz CT molecular complexity index is 880. The van der Waals surface area contributed by atoms with E-state index in [-0.39, 0.29) is 29.8 Å². The SMILES string of the molecule is Cc1ccc([C@H]2[C@@H]3C(=O)N(c4ccccc4)C(=O)[C@@H]3N3CCCCN23)cc1. The fourth-order valence-corrected chi connectivity index (χ4v) is 4.86. The van der Waals surface area contributed by atoms with E-state index in [9.17, 15) is 9.59 Å². The molecule has 0 unspecified atom stereocenters. The molecule has 138 valence electrons. The molecule has 0 saturated carbocycles. The van der Waals surface area contributed by atoms with Crippen LogP contribution in [-0.4, -0.2) is 41.0 Å². The molecule has 0 spiro atoms. The Morgan fingerprint density at radius 3 is 2.07 bits per heavy atom. The van der Waals surface area contributed by atoms with E-state index in [0.717, 1.165) is 31.5 Å². The van der Waals surface area contributed by atoms with Crippen molar-refractivity contribution in [3.63, 3.8) is 0 Å². The summed E-state index contributed by atoms with van der Waals surface area (Å²) in [6, 6.07) is 17.3. The first-order chi connectivity index (χ1) is 13.2. The van der Waals surface area contributed by atoms with Gasteiger partial charge in [0.25, 0.3) is 5.91 Å². The fourth-order valence-electron chi connectivity index (χ4n) is 4.86. The molecule has 2 amide bonds. The minimum absolute atomic E-state index is 0.0685. The van der Waals surface area contributed by atoms with Crippen LogP contribution in [0.3, 0.4) is 0 Å². The summed E-state index contributed by atoms with van der Waals surface area (Å²) in [7, 11) is 0. The third kappa shape index (κ3) is 2.46. The molecule has 3 aliphatic heterocycles. The number of hydrogen-bond acceptors (Lipinski definition) is 4. The molecular weight excluding hydrogens is 338 g/mol. The molecule has 3 saturated heterocycles. The molecule has 2 aromatic carbocycles. The second kappa shape index (κ2) is 6.29. The Kier molecular flexibility index (Phi) is 3.88. The largest absolute Gasteiger partial charge is 0.274 e. The number of hydrogen-bond donors (Lipinski definition) is 0. The van der Waals surface area contributed by atoms with Crippen molar-refractivity contribution >= 4 is 17.5 Å². The summed E-state index contributed by atoms with van der Waals surface area (Å²) in [6.07, 6.45) is 2.16. The lowest BCUT2D eigenvalue weighted by atomic mass is 9.90. The number of imide groups is 1. The van der Waals surface area contributed by atoms with Crippen LogP contribution in [0.1, 0.15) is 30.0 Å². The Morgan fingerprint density at radius 1 is 0.778 bits per heavy atom. The van der Waals surface area contributed by atoms with Crippen LogP contribution >= 0.6 is 0 Å². The van der Waals surface area contributed by atoms with Gasteiger partial charge in [-0.25, -0.2) is 14.9 Å². The molecule has 3 heterocycles. The Balaban J connectivity index is 1.59. The first-order valence-corrected chi connectivity index (χ1v) is 9.69. The first-order valence-electron chi connectivity index (χ1n) is 9.69. The van der Waals surface area contributed by atoms with Crippen LogP contribution in [0.2, 0.25) is 0 Å². The highest BCUT2D eigenvalue weighted by Crippen LogP contribution is 2.48. The standard InChI is InChI=1S/C22H23N3O2/c1-15-9-11-16(12-10-15)19-18-20(24-14-6-5-13-23(19)24)22(27)25(21(18)26)17-7-3-2-4-8-17/h2-4,7-12,18-20H,5-6,13-14H2,1H3/t18-,19-,20+/m0/s1. The number of para-hydroxylation sites is 1. The predicted molar refractivity (Wildman–Crippen MR) is 103 cm³/mol. The summed E-state index contributed by atoms with van der Waals surface area (Å²) < 4.78 is 0. The molecule has 0 aromatic heterocycles. The van der Waals surface area contributed by atoms with Crippen LogP contribution in [0.4, 0.5) is 5.69 Å². The molecule has 3 atom stereocenters. The van der Waals surface area contributed by atoms with Crippen LogP contribution in [0.5, 0.6) is 0 Å². The predicted octanol–water partition coefficient (Wildman–Crippen LogP) is 2.92. The lowest BCUT2D eigenvalue weighted by Crippen LogP contribution is -2.50. The highest BCUT2D eigenvalue weighted by atomic mass is 16.2. The third-order valence-electron chi connectivity index (χ3n) is 6.09. The van der Waals surface area contributed by atoms with Gasteiger partial charge in [-0.05, 0) is 37.5 Å². The van der Waals surface area contributed by atoms with Crippen LogP contribution in [0.15, 0.2) is 54.6 Å². The quantitative estimate of drug-likeness (QED) is 0.772. The number of carbonyl (C=O) groups is 2. The maximum absolute atomic E-state index is 13.4. The van der Waals surface area contributed by atoms with Crippen LogP contribution in [0.25, 0.3) is 0 Å². The van der Waals surface area contributed by atoms with E-state index >= 15 is 0 Å². The molecule has 2 aromatic rings. The highest BCUT2D eigenvalue weighted by Gasteiger charge is 2.62. The number of carbonyl (C=O) groups excluding carboxylic acids is 2. The normalized spacial score (nSPS) is 28.5. The van der Waals surface area contributed by atoms with Crippen LogP contribution in [0, 0.1) is 12.8 Å². The number of fused-ring (bicyclic) bond motifs is 3. The third-order valence-corrected chi connectivity index (χ3v) is 6.09. The molecule has 5 rings (SSSR count). The van der Waals surface area contributed by atoms with Gasteiger partial charge in [-0.2, -0.15) is 0 Å². The molecule has 5 heteroatoms. The average Bonchev–Trinajstić information content (AvgIpc) is 3.17. The summed E-state index contributed by atoms with van der Waals surface area (Å²) in [5.41, 5.74) is 2.99. The lowest BCUT2D eigenvalue weighted by molar-refractivity contribution is -0.130. The maximum atomic E-state index is 13.4. The summed E-state index contributed by atoms with van der Waals surface area (Å²) >= 11 is 0. The van der Waals surface area contributed by atoms with Crippen molar-refractivity contribution in [3.8, 4) is 0 Å². The molecule has 3 fully saturated rings. The Morgan fingerprint density at radius 2 is 1.41 bits per heavy atom. The van der Waals surface area contributed by atoms with Gasteiger partial charge in [0.15, 0.2) is 0 Å². The van der Waals surface area contributed by atoms with E-state index in [1.54, 1.807) is 0 Å². The van der Waals surface area contributed by atoms with E-state index in [1.807, 2.05) is 30.3 Å². The molecule has 5 nitrogen and oxygen atoms in total. The monoisotopic (exact) mass is 361 g/mol. The van der Waals surface area contributed by atoms with Crippen molar-refractivity contribution in [1.82, 2.24) is 10.0 Å². The zero-order chi connectivity index (χ0) is 18.5. The molecule has 0 radical (unpaired) electrons. The van der Waals surface area contributed by atoms with E-state index < -0.39 is 0 Å². The fraction of sp³-hybridized carbons (Fsp3) is 0.364. The minimum atomic E-state index is -0.385. The molecule has 27 heavy (non-hydrogen) atoms. The molecule has 3 aliphatic rings. The summed E-state index contributed by atoms with van der Waals surface area (Å²) in [4.78, 5) is 28.2. The number of amides is 2. The smallest absolute Gasteiger partial charge is 0.253 e. The maximum Gasteiger partial charge on any atom is 0.253 e. The molecular formula is C22H23N3O2. The van der Waals surface area contributed by atoms with Crippen molar-refractivity contribution in [3.05, 3.63) is 65.7 Å². The van der Waals surface area contributed by atoms with Crippen molar-refractivity contribution in [2.24, 2.45) is 5.92 Å². The van der Waals surface area contributed by atoms with Crippen LogP contribution in [-0.2, 0) is 9.59 Å². The van der Waals surface area contributed by atoms with Gasteiger partial charge in [-0.15, -0.1) is 0 Å². The Hall–Kier alpha value is -2.50. The number of rotatable bonds is 2. The van der Waals surface area contributed by atoms with E-state index in [1.165, 1.54) is 10.5 Å². The number of nitrogens with zero attached hydrogens (tertiary/aromatic N) is 3. The lowest BCUT2D eigenvalue weighted by Gasteiger charge is -2.38. The van der Waals surface area contributed by atoms with E-state index in [0.29, 0.717) is 5.69 Å².